The van der Waals surface area contributed by atoms with E-state index in [2.05, 4.69) is 75.6 Å². The van der Waals surface area contributed by atoms with Crippen LogP contribution in [0, 0.1) is 15.8 Å². The van der Waals surface area contributed by atoms with Gasteiger partial charge in [-0.1, -0.05) is 119 Å². The maximum Gasteiger partial charge on any atom is 0.202 e. The zero-order chi connectivity index (χ0) is 43.2. The third-order valence-electron chi connectivity index (χ3n) is 5.23. The molecule has 4 unspecified atom stereocenters. The first kappa shape index (κ1) is 59.8. The molecule has 3 aromatic rings. The van der Waals surface area contributed by atoms with Crippen molar-refractivity contribution in [1.82, 2.24) is 0 Å². The van der Waals surface area contributed by atoms with Gasteiger partial charge in [0, 0.05) is 9.93 Å². The van der Waals surface area contributed by atoms with Crippen LogP contribution in [0.2, 0.25) is 0 Å². The molecule has 5 rings (SSSR count). The summed E-state index contributed by atoms with van der Waals surface area (Å²) in [6, 6.07) is 29.6. The lowest BCUT2D eigenvalue weighted by Gasteiger charge is -2.10. The summed E-state index contributed by atoms with van der Waals surface area (Å²) < 4.78 is 9.42. The van der Waals surface area contributed by atoms with Gasteiger partial charge in [-0.3, -0.25) is 10.5 Å². The van der Waals surface area contributed by atoms with Crippen molar-refractivity contribution in [1.29, 1.82) is 0 Å². The molecule has 12 heteroatoms. The molecule has 0 aliphatic carbocycles. The summed E-state index contributed by atoms with van der Waals surface area (Å²) in [7, 11) is 0. The van der Waals surface area contributed by atoms with Crippen LogP contribution in [-0.4, -0.2) is 67.3 Å². The van der Waals surface area contributed by atoms with E-state index < -0.39 is 11.2 Å². The van der Waals surface area contributed by atoms with Gasteiger partial charge < -0.3 is 19.7 Å². The van der Waals surface area contributed by atoms with E-state index in [1.165, 1.54) is 5.56 Å². The number of aryl methyl sites for hydroxylation is 1. The lowest BCUT2D eigenvalue weighted by Crippen LogP contribution is -2.15. The van der Waals surface area contributed by atoms with Gasteiger partial charge in [0.25, 0.3) is 0 Å². The highest BCUT2D eigenvalue weighted by Gasteiger charge is 2.13. The standard InChI is InChI=1S/C8H10O2.C8H10O.C8H10.C4H10O2.C4H10O.C4H10.2C3H6O.2O2/c1-7(10-9)8-5-3-2-4-6-8;1-7(9)8-5-3-2-4-6-8;1-2-8-6-4-3-5-7-8;1-4(2,3)6-5;1-4(2,3)5;1-4(2)3;2*1-3-2-4-3;2*1-2/h2-7,9H,1H3;2-7,9H,1H3;3-7H,2H2,1H3;5H,1-3H3;5H,1-3H3;4H,1-3H3;2*3H,2H2,1H3;;/p+2. The Labute approximate surface area is 325 Å². The van der Waals surface area contributed by atoms with E-state index in [9.17, 15) is 0 Å². The van der Waals surface area contributed by atoms with Crippen LogP contribution >= 0.6 is 0 Å². The Morgan fingerprint density at radius 1 is 0.667 bits per heavy atom. The summed E-state index contributed by atoms with van der Waals surface area (Å²) in [5.74, 6) is 0.833. The fraction of sp³-hybridized carbons (Fsp3) is 0.571. The van der Waals surface area contributed by atoms with E-state index in [1.54, 1.807) is 55.4 Å². The Bertz CT molecular complexity index is 1110. The Kier molecular flexibility index (Phi) is 43.5. The van der Waals surface area contributed by atoms with E-state index in [4.69, 9.17) is 50.1 Å². The van der Waals surface area contributed by atoms with Gasteiger partial charge in [0.05, 0.1) is 42.7 Å². The smallest absolute Gasteiger partial charge is 0.202 e. The molecule has 54 heavy (non-hydrogen) atoms. The molecule has 2 aliphatic rings. The monoisotopic (exact) mass is 771 g/mol. The SMILES string of the molecule is CC(C)(C)O.CC(C)(C)OO.CC(C)C.CC(O)c1ccccc1.CC(OO)c1ccccc1.CC1CO1.CC1CO1.CCc1ccccc1.O=[OH+].O=[OH+]. The molecule has 0 spiro atoms. The highest BCUT2D eigenvalue weighted by molar-refractivity contribution is 5.17. The van der Waals surface area contributed by atoms with Crippen molar-refractivity contribution in [2.45, 2.75) is 139 Å². The van der Waals surface area contributed by atoms with Crippen LogP contribution in [0.15, 0.2) is 91.0 Å². The molecule has 4 atom stereocenters. The van der Waals surface area contributed by atoms with Crippen LogP contribution in [0.4, 0.5) is 0 Å². The number of aliphatic hydroxyl groups excluding tert-OH is 1. The number of hydrogen-bond acceptors (Lipinski definition) is 10. The fourth-order valence-corrected chi connectivity index (χ4v) is 2.42. The Morgan fingerprint density at radius 3 is 1.06 bits per heavy atom. The molecule has 0 amide bonds. The van der Waals surface area contributed by atoms with Gasteiger partial charge in [0.1, 0.15) is 6.10 Å². The minimum absolute atomic E-state index is 0.235. The third kappa shape index (κ3) is 63.6. The molecule has 2 aliphatic heterocycles. The third-order valence-corrected chi connectivity index (χ3v) is 5.23. The van der Waals surface area contributed by atoms with Crippen LogP contribution in [0.5, 0.6) is 0 Å². The second-order valence-corrected chi connectivity index (χ2v) is 14.5. The highest BCUT2D eigenvalue weighted by Crippen LogP contribution is 2.13. The van der Waals surface area contributed by atoms with Crippen molar-refractivity contribution < 1.29 is 49.9 Å². The Balaban J connectivity index is -0.000000171. The average Bonchev–Trinajstić information content (AvgIpc) is 4.10. The van der Waals surface area contributed by atoms with Gasteiger partial charge in [0.2, 0.25) is 9.93 Å². The van der Waals surface area contributed by atoms with E-state index in [0.717, 1.165) is 36.7 Å². The predicted octanol–water partition coefficient (Wildman–Crippen LogP) is 10.5. The maximum atomic E-state index is 9.02. The summed E-state index contributed by atoms with van der Waals surface area (Å²) >= 11 is 0. The summed E-state index contributed by atoms with van der Waals surface area (Å²) in [5.41, 5.74) is 2.45. The lowest BCUT2D eigenvalue weighted by atomic mass is 10.1. The van der Waals surface area contributed by atoms with Crippen LogP contribution in [0.25, 0.3) is 0 Å². The number of epoxide rings is 2. The van der Waals surface area contributed by atoms with Gasteiger partial charge in [-0.25, -0.2) is 9.78 Å². The first-order chi connectivity index (χ1) is 25.2. The van der Waals surface area contributed by atoms with Crippen molar-refractivity contribution in [3.63, 3.8) is 0 Å². The van der Waals surface area contributed by atoms with Crippen molar-refractivity contribution in [3.8, 4) is 0 Å². The summed E-state index contributed by atoms with van der Waals surface area (Å²) in [6.07, 6.45) is 1.73. The van der Waals surface area contributed by atoms with Gasteiger partial charge in [-0.15, -0.1) is 0 Å². The van der Waals surface area contributed by atoms with E-state index in [0.29, 0.717) is 12.2 Å². The maximum absolute atomic E-state index is 9.02. The van der Waals surface area contributed by atoms with Crippen LogP contribution in [0.1, 0.15) is 126 Å². The van der Waals surface area contributed by atoms with Gasteiger partial charge in [0.15, 0.2) is 0 Å². The molecule has 0 aromatic heterocycles. The number of benzene rings is 3. The molecule has 0 saturated carbocycles. The second-order valence-electron chi connectivity index (χ2n) is 14.5. The summed E-state index contributed by atoms with van der Waals surface area (Å²) in [4.78, 5) is 34.1. The Hall–Kier alpha value is -3.46. The number of aliphatic hydroxyl groups is 2. The van der Waals surface area contributed by atoms with Crippen LogP contribution in [-0.2, 0) is 25.7 Å². The second kappa shape index (κ2) is 39.2. The molecule has 2 saturated heterocycles. The van der Waals surface area contributed by atoms with Crippen LogP contribution < -0.4 is 0 Å². The topological polar surface area (TPSA) is 201 Å². The van der Waals surface area contributed by atoms with Crippen LogP contribution in [0.3, 0.4) is 0 Å². The first-order valence-electron chi connectivity index (χ1n) is 17.9. The minimum Gasteiger partial charge on any atom is -0.391 e. The van der Waals surface area contributed by atoms with Crippen molar-refractivity contribution in [2.24, 2.45) is 5.92 Å². The van der Waals surface area contributed by atoms with Gasteiger partial charge in [-0.2, -0.15) is 0 Å². The predicted molar refractivity (Wildman–Crippen MR) is 219 cm³/mol. The van der Waals surface area contributed by atoms with E-state index in [-0.39, 0.29) is 12.2 Å². The molecular formula is C42H74O12+2. The van der Waals surface area contributed by atoms with E-state index >= 15 is 0 Å². The average molecular weight is 771 g/mol. The lowest BCUT2D eigenvalue weighted by molar-refractivity contribution is -0.306. The van der Waals surface area contributed by atoms with E-state index in [1.807, 2.05) is 66.7 Å². The molecule has 312 valence electrons. The number of ether oxygens (including phenoxy) is 2. The quantitative estimate of drug-likeness (QED) is 0.0855. The van der Waals surface area contributed by atoms with Crippen molar-refractivity contribution >= 4 is 0 Å². The Morgan fingerprint density at radius 2 is 0.907 bits per heavy atom. The van der Waals surface area contributed by atoms with Gasteiger partial charge >= 0.3 is 0 Å². The molecule has 3 aromatic carbocycles. The summed E-state index contributed by atoms with van der Waals surface area (Å²) in [5, 5.41) is 33.7. The zero-order valence-corrected chi connectivity index (χ0v) is 35.3. The van der Waals surface area contributed by atoms with Gasteiger partial charge in [-0.05, 0) is 98.3 Å². The molecule has 2 heterocycles. The largest absolute Gasteiger partial charge is 0.391 e. The first-order valence-corrected chi connectivity index (χ1v) is 17.9. The van der Waals surface area contributed by atoms with Crippen molar-refractivity contribution in [3.05, 3.63) is 118 Å². The minimum atomic E-state index is -0.500. The molecule has 0 radical (unpaired) electrons. The number of rotatable bonds is 4. The fourth-order valence-electron chi connectivity index (χ4n) is 2.42. The normalized spacial score (nSPS) is 15.1. The summed E-state index contributed by atoms with van der Waals surface area (Å²) in [6.45, 7) is 28.8. The molecular weight excluding hydrogens is 696 g/mol. The number of hydrogen-bond donors (Lipinski definition) is 4. The van der Waals surface area contributed by atoms with Crippen molar-refractivity contribution in [2.75, 3.05) is 13.2 Å². The zero-order valence-electron chi connectivity index (χ0n) is 35.3. The highest BCUT2D eigenvalue weighted by atomic mass is 17.1. The molecule has 0 bridgehead atoms. The molecule has 12 nitrogen and oxygen atoms in total. The molecule has 6 N–H and O–H groups in total. The molecule has 2 fully saturated rings.